The van der Waals surface area contributed by atoms with Gasteiger partial charge in [0.25, 0.3) is 0 Å². The van der Waals surface area contributed by atoms with Crippen LogP contribution in [0.5, 0.6) is 0 Å². The molecule has 1 aliphatic rings. The summed E-state index contributed by atoms with van der Waals surface area (Å²) in [7, 11) is 0. The molecule has 0 aromatic rings. The van der Waals surface area contributed by atoms with Crippen molar-refractivity contribution in [3.8, 4) is 0 Å². The van der Waals surface area contributed by atoms with E-state index >= 15 is 0 Å². The zero-order valence-corrected chi connectivity index (χ0v) is 11.6. The first-order valence-electron chi connectivity index (χ1n) is 6.92. The highest BCUT2D eigenvalue weighted by Crippen LogP contribution is 2.15. The smallest absolute Gasteiger partial charge is 0.137 e. The predicted octanol–water partition coefficient (Wildman–Crippen LogP) is 2.35. The largest absolute Gasteiger partial charge is 0.380 e. The average molecular weight is 241 g/mol. The third kappa shape index (κ3) is 6.18. The first-order chi connectivity index (χ1) is 8.09. The molecule has 0 aromatic carbocycles. The Morgan fingerprint density at radius 3 is 2.53 bits per heavy atom. The second kappa shape index (κ2) is 7.83. The Bertz CT molecular complexity index is 220. The summed E-state index contributed by atoms with van der Waals surface area (Å²) in [6.07, 6.45) is 3.19. The maximum absolute atomic E-state index is 11.4. The molecule has 0 N–H and O–H groups in total. The molecule has 17 heavy (non-hydrogen) atoms. The lowest BCUT2D eigenvalue weighted by atomic mass is 9.99. The van der Waals surface area contributed by atoms with E-state index in [9.17, 15) is 4.79 Å². The SMILES string of the molecule is CC1CCN(CCOCCC(=O)C(C)C)CC1. The Morgan fingerprint density at radius 1 is 1.29 bits per heavy atom. The van der Waals surface area contributed by atoms with E-state index in [0.717, 1.165) is 19.1 Å². The molecule has 0 spiro atoms. The normalized spacial score (nSPS) is 18.8. The Morgan fingerprint density at radius 2 is 1.94 bits per heavy atom. The Hall–Kier alpha value is -0.410. The molecule has 1 aliphatic heterocycles. The van der Waals surface area contributed by atoms with Crippen LogP contribution in [-0.2, 0) is 9.53 Å². The number of Topliss-reactive ketones (excluding diaryl/α,β-unsaturated/α-hetero) is 1. The zero-order valence-electron chi connectivity index (χ0n) is 11.6. The summed E-state index contributed by atoms with van der Waals surface area (Å²) in [5, 5.41) is 0. The van der Waals surface area contributed by atoms with Crippen LogP contribution in [0.25, 0.3) is 0 Å². The van der Waals surface area contributed by atoms with Crippen LogP contribution in [0.2, 0.25) is 0 Å². The Kier molecular flexibility index (Phi) is 6.75. The molecule has 1 saturated heterocycles. The molecule has 3 heteroatoms. The first-order valence-corrected chi connectivity index (χ1v) is 6.92. The lowest BCUT2D eigenvalue weighted by molar-refractivity contribution is -0.123. The molecular weight excluding hydrogens is 214 g/mol. The number of ketones is 1. The summed E-state index contributed by atoms with van der Waals surface area (Å²) in [6.45, 7) is 11.0. The topological polar surface area (TPSA) is 29.5 Å². The number of ether oxygens (including phenoxy) is 1. The number of piperidine rings is 1. The van der Waals surface area contributed by atoms with Gasteiger partial charge < -0.3 is 9.64 Å². The number of carbonyl (C=O) groups excluding carboxylic acids is 1. The quantitative estimate of drug-likeness (QED) is 0.641. The van der Waals surface area contributed by atoms with Crippen molar-refractivity contribution < 1.29 is 9.53 Å². The molecule has 1 fully saturated rings. The fourth-order valence-electron chi connectivity index (χ4n) is 2.04. The molecule has 3 nitrogen and oxygen atoms in total. The molecule has 0 atom stereocenters. The van der Waals surface area contributed by atoms with Crippen molar-refractivity contribution >= 4 is 5.78 Å². The van der Waals surface area contributed by atoms with Crippen molar-refractivity contribution in [3.63, 3.8) is 0 Å². The fourth-order valence-corrected chi connectivity index (χ4v) is 2.04. The summed E-state index contributed by atoms with van der Waals surface area (Å²) < 4.78 is 5.52. The third-order valence-electron chi connectivity index (χ3n) is 3.56. The zero-order chi connectivity index (χ0) is 12.7. The summed E-state index contributed by atoms with van der Waals surface area (Å²) in [4.78, 5) is 13.8. The van der Waals surface area contributed by atoms with Crippen molar-refractivity contribution in [3.05, 3.63) is 0 Å². The highest BCUT2D eigenvalue weighted by Gasteiger charge is 2.14. The summed E-state index contributed by atoms with van der Waals surface area (Å²) in [5.74, 6) is 1.33. The second-order valence-corrected chi connectivity index (χ2v) is 5.51. The van der Waals surface area contributed by atoms with Gasteiger partial charge in [-0.25, -0.2) is 0 Å². The molecule has 1 heterocycles. The van der Waals surface area contributed by atoms with Gasteiger partial charge in [0.05, 0.1) is 13.2 Å². The van der Waals surface area contributed by atoms with Crippen LogP contribution in [0.1, 0.15) is 40.0 Å². The van der Waals surface area contributed by atoms with E-state index in [1.165, 1.54) is 25.9 Å². The van der Waals surface area contributed by atoms with Gasteiger partial charge in [-0.15, -0.1) is 0 Å². The fraction of sp³-hybridized carbons (Fsp3) is 0.929. The van der Waals surface area contributed by atoms with Gasteiger partial charge in [0.1, 0.15) is 5.78 Å². The molecule has 0 bridgehead atoms. The predicted molar refractivity (Wildman–Crippen MR) is 70.1 cm³/mol. The molecule has 0 amide bonds. The van der Waals surface area contributed by atoms with Crippen molar-refractivity contribution in [2.45, 2.75) is 40.0 Å². The highest BCUT2D eigenvalue weighted by atomic mass is 16.5. The van der Waals surface area contributed by atoms with Crippen LogP contribution in [0.4, 0.5) is 0 Å². The molecule has 0 aliphatic carbocycles. The van der Waals surface area contributed by atoms with E-state index in [4.69, 9.17) is 4.74 Å². The van der Waals surface area contributed by atoms with Crippen molar-refractivity contribution in [1.82, 2.24) is 4.90 Å². The minimum atomic E-state index is 0.141. The van der Waals surface area contributed by atoms with E-state index in [-0.39, 0.29) is 5.92 Å². The Balaban J connectivity index is 1.96. The van der Waals surface area contributed by atoms with Crippen LogP contribution < -0.4 is 0 Å². The summed E-state index contributed by atoms with van der Waals surface area (Å²) in [5.41, 5.74) is 0. The van der Waals surface area contributed by atoms with Crippen LogP contribution in [0.15, 0.2) is 0 Å². The van der Waals surface area contributed by atoms with Crippen LogP contribution in [0.3, 0.4) is 0 Å². The number of rotatable bonds is 7. The second-order valence-electron chi connectivity index (χ2n) is 5.51. The number of hydrogen-bond donors (Lipinski definition) is 0. The lowest BCUT2D eigenvalue weighted by Gasteiger charge is -2.29. The van der Waals surface area contributed by atoms with Crippen molar-refractivity contribution in [2.75, 3.05) is 32.8 Å². The average Bonchev–Trinajstić information content (AvgIpc) is 2.30. The van der Waals surface area contributed by atoms with Crippen LogP contribution in [0, 0.1) is 11.8 Å². The van der Waals surface area contributed by atoms with E-state index in [1.54, 1.807) is 0 Å². The first kappa shape index (κ1) is 14.7. The Labute approximate surface area is 106 Å². The van der Waals surface area contributed by atoms with E-state index < -0.39 is 0 Å². The van der Waals surface area contributed by atoms with Crippen molar-refractivity contribution in [1.29, 1.82) is 0 Å². The summed E-state index contributed by atoms with van der Waals surface area (Å²) >= 11 is 0. The van der Waals surface area contributed by atoms with E-state index in [0.29, 0.717) is 18.8 Å². The number of hydrogen-bond acceptors (Lipinski definition) is 3. The van der Waals surface area contributed by atoms with Gasteiger partial charge in [-0.2, -0.15) is 0 Å². The van der Waals surface area contributed by atoms with E-state index in [2.05, 4.69) is 11.8 Å². The summed E-state index contributed by atoms with van der Waals surface area (Å²) in [6, 6.07) is 0. The molecule has 100 valence electrons. The number of likely N-dealkylation sites (tertiary alicyclic amines) is 1. The highest BCUT2D eigenvalue weighted by molar-refractivity contribution is 5.80. The van der Waals surface area contributed by atoms with Gasteiger partial charge in [-0.05, 0) is 31.8 Å². The van der Waals surface area contributed by atoms with Gasteiger partial charge in [0.15, 0.2) is 0 Å². The molecule has 0 unspecified atom stereocenters. The maximum Gasteiger partial charge on any atom is 0.137 e. The molecule has 0 aromatic heterocycles. The minimum Gasteiger partial charge on any atom is -0.380 e. The van der Waals surface area contributed by atoms with Gasteiger partial charge >= 0.3 is 0 Å². The number of carbonyl (C=O) groups is 1. The number of nitrogens with zero attached hydrogens (tertiary/aromatic N) is 1. The monoisotopic (exact) mass is 241 g/mol. The van der Waals surface area contributed by atoms with Crippen LogP contribution in [-0.4, -0.2) is 43.5 Å². The maximum atomic E-state index is 11.4. The lowest BCUT2D eigenvalue weighted by Crippen LogP contribution is -2.35. The van der Waals surface area contributed by atoms with Crippen molar-refractivity contribution in [2.24, 2.45) is 11.8 Å². The van der Waals surface area contributed by atoms with Gasteiger partial charge in [-0.1, -0.05) is 20.8 Å². The van der Waals surface area contributed by atoms with Gasteiger partial charge in [0.2, 0.25) is 0 Å². The molecule has 1 rings (SSSR count). The minimum absolute atomic E-state index is 0.141. The molecule has 0 saturated carbocycles. The standard InChI is InChI=1S/C14H27NO2/c1-12(2)14(16)6-10-17-11-9-15-7-4-13(3)5-8-15/h12-13H,4-11H2,1-3H3. The van der Waals surface area contributed by atoms with Gasteiger partial charge in [0, 0.05) is 18.9 Å². The van der Waals surface area contributed by atoms with E-state index in [1.807, 2.05) is 13.8 Å². The van der Waals surface area contributed by atoms with Gasteiger partial charge in [-0.3, -0.25) is 4.79 Å². The third-order valence-corrected chi connectivity index (χ3v) is 3.56. The molecular formula is C14H27NO2. The van der Waals surface area contributed by atoms with Crippen LogP contribution >= 0.6 is 0 Å². The molecule has 0 radical (unpaired) electrons.